The molecule has 1 rings (SSSR count). The Morgan fingerprint density at radius 1 is 1.38 bits per heavy atom. The van der Waals surface area contributed by atoms with Crippen LogP contribution in [-0.4, -0.2) is 24.3 Å². The second kappa shape index (κ2) is 3.76. The van der Waals surface area contributed by atoms with Gasteiger partial charge in [-0.3, -0.25) is 0 Å². The third-order valence-electron chi connectivity index (χ3n) is 1.80. The quantitative estimate of drug-likeness (QED) is 0.627. The zero-order valence-electron chi connectivity index (χ0n) is 7.41. The number of methoxy groups -OCH3 is 1. The average Bonchev–Trinajstić information content (AvgIpc) is 2.09. The maximum atomic E-state index is 13.3. The van der Waals surface area contributed by atoms with Gasteiger partial charge in [0, 0.05) is 5.46 Å². The first-order chi connectivity index (χ1) is 6.07. The Morgan fingerprint density at radius 3 is 2.46 bits per heavy atom. The molecule has 5 heteroatoms. The van der Waals surface area contributed by atoms with Gasteiger partial charge in [0.15, 0.2) is 11.6 Å². The van der Waals surface area contributed by atoms with Crippen molar-refractivity contribution < 1.29 is 19.2 Å². The normalized spacial score (nSPS) is 9.92. The van der Waals surface area contributed by atoms with Crippen LogP contribution in [0.2, 0.25) is 0 Å². The summed E-state index contributed by atoms with van der Waals surface area (Å²) in [6, 6.07) is 2.88. The third kappa shape index (κ3) is 1.81. The SMILES string of the molecule is COc1c(B(O)O)ccc(C)c1F. The number of halogens is 1. The molecular weight excluding hydrogens is 174 g/mol. The van der Waals surface area contributed by atoms with Crippen molar-refractivity contribution in [3.63, 3.8) is 0 Å². The van der Waals surface area contributed by atoms with Crippen molar-refractivity contribution in [1.29, 1.82) is 0 Å². The third-order valence-corrected chi connectivity index (χ3v) is 1.80. The van der Waals surface area contributed by atoms with Gasteiger partial charge in [-0.2, -0.15) is 0 Å². The first-order valence-electron chi connectivity index (χ1n) is 3.77. The summed E-state index contributed by atoms with van der Waals surface area (Å²) >= 11 is 0. The van der Waals surface area contributed by atoms with Gasteiger partial charge < -0.3 is 14.8 Å². The molecule has 3 nitrogen and oxygen atoms in total. The van der Waals surface area contributed by atoms with Crippen molar-refractivity contribution in [2.45, 2.75) is 6.92 Å². The molecule has 0 fully saturated rings. The second-order valence-corrected chi connectivity index (χ2v) is 2.69. The van der Waals surface area contributed by atoms with E-state index in [-0.39, 0.29) is 11.2 Å². The fourth-order valence-electron chi connectivity index (χ4n) is 1.08. The highest BCUT2D eigenvalue weighted by atomic mass is 19.1. The average molecular weight is 184 g/mol. The van der Waals surface area contributed by atoms with E-state index in [1.807, 2.05) is 0 Å². The lowest BCUT2D eigenvalue weighted by Crippen LogP contribution is -2.32. The number of hydrogen-bond donors (Lipinski definition) is 2. The van der Waals surface area contributed by atoms with Gasteiger partial charge in [-0.1, -0.05) is 12.1 Å². The van der Waals surface area contributed by atoms with Crippen molar-refractivity contribution >= 4 is 12.6 Å². The molecule has 70 valence electrons. The standard InChI is InChI=1S/C8H10BFO3/c1-5-3-4-6(9(11)12)8(13-2)7(5)10/h3-4,11-12H,1-2H3. The van der Waals surface area contributed by atoms with Crippen molar-refractivity contribution in [2.24, 2.45) is 0 Å². The predicted octanol–water partition coefficient (Wildman–Crippen LogP) is -0.177. The van der Waals surface area contributed by atoms with Crippen LogP contribution in [0.15, 0.2) is 12.1 Å². The number of benzene rings is 1. The maximum Gasteiger partial charge on any atom is 0.492 e. The molecule has 0 atom stereocenters. The number of rotatable bonds is 2. The summed E-state index contributed by atoms with van der Waals surface area (Å²) in [4.78, 5) is 0. The Balaban J connectivity index is 3.30. The number of hydrogen-bond acceptors (Lipinski definition) is 3. The van der Waals surface area contributed by atoms with Crippen molar-refractivity contribution in [1.82, 2.24) is 0 Å². The molecule has 0 bridgehead atoms. The van der Waals surface area contributed by atoms with Gasteiger partial charge in [-0.25, -0.2) is 4.39 Å². The van der Waals surface area contributed by atoms with E-state index in [0.29, 0.717) is 5.56 Å². The van der Waals surface area contributed by atoms with Crippen molar-refractivity contribution in [2.75, 3.05) is 7.11 Å². The highest BCUT2D eigenvalue weighted by Crippen LogP contribution is 2.17. The molecule has 0 aliphatic carbocycles. The van der Waals surface area contributed by atoms with Gasteiger partial charge in [0.25, 0.3) is 0 Å². The maximum absolute atomic E-state index is 13.3. The van der Waals surface area contributed by atoms with E-state index in [4.69, 9.17) is 14.8 Å². The van der Waals surface area contributed by atoms with E-state index >= 15 is 0 Å². The zero-order chi connectivity index (χ0) is 10.0. The minimum atomic E-state index is -1.72. The Kier molecular flexibility index (Phi) is 2.90. The largest absolute Gasteiger partial charge is 0.494 e. The summed E-state index contributed by atoms with van der Waals surface area (Å²) in [6.07, 6.45) is 0. The first-order valence-corrected chi connectivity index (χ1v) is 3.77. The molecule has 13 heavy (non-hydrogen) atoms. The molecule has 0 aliphatic rings. The predicted molar refractivity (Wildman–Crippen MR) is 47.5 cm³/mol. The molecular formula is C8H10BFO3. The molecule has 2 N–H and O–H groups in total. The molecule has 1 aromatic carbocycles. The van der Waals surface area contributed by atoms with Crippen LogP contribution in [0.5, 0.6) is 5.75 Å². The Labute approximate surface area is 75.9 Å². The molecule has 0 aromatic heterocycles. The minimum absolute atomic E-state index is 0.0330. The Morgan fingerprint density at radius 2 is 2.00 bits per heavy atom. The smallest absolute Gasteiger partial charge is 0.492 e. The second-order valence-electron chi connectivity index (χ2n) is 2.69. The van der Waals surface area contributed by atoms with Crippen molar-refractivity contribution in [3.05, 3.63) is 23.5 Å². The van der Waals surface area contributed by atoms with Crippen molar-refractivity contribution in [3.8, 4) is 5.75 Å². The van der Waals surface area contributed by atoms with Gasteiger partial charge in [-0.15, -0.1) is 0 Å². The molecule has 0 aliphatic heterocycles. The van der Waals surface area contributed by atoms with E-state index in [0.717, 1.165) is 0 Å². The Bertz CT molecular complexity index is 315. The fraction of sp³-hybridized carbons (Fsp3) is 0.250. The summed E-state index contributed by atoms with van der Waals surface area (Å²) < 4.78 is 18.0. The van der Waals surface area contributed by atoms with Crippen LogP contribution in [0.3, 0.4) is 0 Å². The van der Waals surface area contributed by atoms with Gasteiger partial charge in [0.1, 0.15) is 0 Å². The molecule has 0 spiro atoms. The Hall–Kier alpha value is -1.07. The molecule has 1 aromatic rings. The summed E-state index contributed by atoms with van der Waals surface area (Å²) in [7, 11) is -0.436. The molecule has 0 saturated carbocycles. The van der Waals surface area contributed by atoms with Crippen LogP contribution in [-0.2, 0) is 0 Å². The van der Waals surface area contributed by atoms with Crippen LogP contribution in [0.1, 0.15) is 5.56 Å². The van der Waals surface area contributed by atoms with Gasteiger partial charge in [0.2, 0.25) is 0 Å². The highest BCUT2D eigenvalue weighted by molar-refractivity contribution is 6.59. The van der Waals surface area contributed by atoms with Crippen LogP contribution < -0.4 is 10.2 Å². The van der Waals surface area contributed by atoms with Crippen LogP contribution in [0.25, 0.3) is 0 Å². The lowest BCUT2D eigenvalue weighted by atomic mass is 9.79. The van der Waals surface area contributed by atoms with Crippen LogP contribution in [0.4, 0.5) is 4.39 Å². The van der Waals surface area contributed by atoms with E-state index in [1.54, 1.807) is 6.92 Å². The fourth-order valence-corrected chi connectivity index (χ4v) is 1.08. The molecule has 0 unspecified atom stereocenters. The summed E-state index contributed by atoms with van der Waals surface area (Å²) in [5.74, 6) is -0.678. The van der Waals surface area contributed by atoms with E-state index < -0.39 is 12.9 Å². The topological polar surface area (TPSA) is 49.7 Å². The number of ether oxygens (including phenoxy) is 1. The summed E-state index contributed by atoms with van der Waals surface area (Å²) in [5, 5.41) is 17.7. The first kappa shape index (κ1) is 10.0. The molecule has 0 saturated heterocycles. The number of aryl methyl sites for hydroxylation is 1. The van der Waals surface area contributed by atoms with Crippen LogP contribution >= 0.6 is 0 Å². The van der Waals surface area contributed by atoms with Gasteiger partial charge in [-0.05, 0) is 12.5 Å². The van der Waals surface area contributed by atoms with Crippen LogP contribution in [0, 0.1) is 12.7 Å². The monoisotopic (exact) mass is 184 g/mol. The van der Waals surface area contributed by atoms with E-state index in [1.165, 1.54) is 19.2 Å². The molecule has 0 amide bonds. The highest BCUT2D eigenvalue weighted by Gasteiger charge is 2.20. The zero-order valence-corrected chi connectivity index (χ0v) is 7.41. The van der Waals surface area contributed by atoms with E-state index in [9.17, 15) is 4.39 Å². The van der Waals surface area contributed by atoms with E-state index in [2.05, 4.69) is 0 Å². The molecule has 0 radical (unpaired) electrons. The lowest BCUT2D eigenvalue weighted by molar-refractivity contribution is 0.380. The van der Waals surface area contributed by atoms with Gasteiger partial charge in [0.05, 0.1) is 7.11 Å². The summed E-state index contributed by atoms with van der Waals surface area (Å²) in [6.45, 7) is 1.57. The minimum Gasteiger partial charge on any atom is -0.494 e. The lowest BCUT2D eigenvalue weighted by Gasteiger charge is -2.09. The van der Waals surface area contributed by atoms with Gasteiger partial charge >= 0.3 is 7.12 Å². The molecule has 0 heterocycles. The summed E-state index contributed by atoms with van der Waals surface area (Å²) in [5.41, 5.74) is 0.437.